The summed E-state index contributed by atoms with van der Waals surface area (Å²) in [5.41, 5.74) is 1.97. The number of rotatable bonds is 9. The highest BCUT2D eigenvalue weighted by Gasteiger charge is 2.32. The quantitative estimate of drug-likeness (QED) is 0.459. The Balaban J connectivity index is 1.54. The molecule has 0 radical (unpaired) electrons. The van der Waals surface area contributed by atoms with E-state index in [9.17, 15) is 9.59 Å². The van der Waals surface area contributed by atoms with Gasteiger partial charge in [-0.15, -0.1) is 0 Å². The first-order chi connectivity index (χ1) is 15.0. The fourth-order valence-electron chi connectivity index (χ4n) is 3.08. The molecule has 1 aliphatic rings. The molecule has 0 aliphatic carbocycles. The summed E-state index contributed by atoms with van der Waals surface area (Å²) >= 11 is 6.59. The summed E-state index contributed by atoms with van der Waals surface area (Å²) in [7, 11) is 3.13. The van der Waals surface area contributed by atoms with Crippen molar-refractivity contribution in [1.29, 1.82) is 0 Å². The van der Waals surface area contributed by atoms with Gasteiger partial charge in [-0.3, -0.25) is 14.5 Å². The number of thiocarbonyl (C=S) groups is 1. The molecule has 2 aromatic carbocycles. The molecule has 0 atom stereocenters. The highest BCUT2D eigenvalue weighted by molar-refractivity contribution is 8.26. The minimum Gasteiger partial charge on any atom is -0.493 e. The Morgan fingerprint density at radius 3 is 2.58 bits per heavy atom. The van der Waals surface area contributed by atoms with Crippen LogP contribution in [0.15, 0.2) is 53.4 Å². The molecular weight excluding hydrogens is 432 g/mol. The lowest BCUT2D eigenvalue weighted by atomic mass is 10.1. The van der Waals surface area contributed by atoms with Gasteiger partial charge in [-0.2, -0.15) is 0 Å². The third-order valence-corrected chi connectivity index (χ3v) is 6.10. The van der Waals surface area contributed by atoms with Crippen LogP contribution in [0.4, 0.5) is 0 Å². The van der Waals surface area contributed by atoms with Crippen molar-refractivity contribution in [2.24, 2.45) is 0 Å². The van der Waals surface area contributed by atoms with Crippen molar-refractivity contribution < 1.29 is 19.1 Å². The van der Waals surface area contributed by atoms with Crippen LogP contribution in [0, 0.1) is 0 Å². The second kappa shape index (κ2) is 11.0. The van der Waals surface area contributed by atoms with Crippen LogP contribution in [-0.2, 0) is 16.0 Å². The molecule has 1 fully saturated rings. The van der Waals surface area contributed by atoms with Gasteiger partial charge in [-0.25, -0.2) is 0 Å². The van der Waals surface area contributed by atoms with Gasteiger partial charge in [0.15, 0.2) is 11.5 Å². The minimum atomic E-state index is -0.193. The molecule has 162 valence electrons. The molecule has 8 heteroatoms. The molecule has 1 N–H and O–H groups in total. The molecule has 0 bridgehead atoms. The van der Waals surface area contributed by atoms with Crippen molar-refractivity contribution in [1.82, 2.24) is 10.2 Å². The van der Waals surface area contributed by atoms with E-state index in [-0.39, 0.29) is 24.8 Å². The summed E-state index contributed by atoms with van der Waals surface area (Å²) in [4.78, 5) is 26.9. The first kappa shape index (κ1) is 22.8. The molecule has 0 saturated carbocycles. The summed E-state index contributed by atoms with van der Waals surface area (Å²) in [6.07, 6.45) is 2.73. The van der Waals surface area contributed by atoms with Gasteiger partial charge in [-0.1, -0.05) is 60.4 Å². The van der Waals surface area contributed by atoms with Crippen LogP contribution in [0.25, 0.3) is 6.08 Å². The SMILES string of the molecule is COc1ccc(C=C2SC(=S)N(CCC(=O)NCCc3ccccc3)C2=O)cc1OC. The predicted octanol–water partition coefficient (Wildman–Crippen LogP) is 3.65. The van der Waals surface area contributed by atoms with Crippen molar-refractivity contribution in [3.05, 3.63) is 64.6 Å². The molecule has 2 amide bonds. The number of carbonyl (C=O) groups is 2. The number of ether oxygens (including phenoxy) is 2. The monoisotopic (exact) mass is 456 g/mol. The van der Waals surface area contributed by atoms with E-state index in [1.807, 2.05) is 36.4 Å². The zero-order valence-corrected chi connectivity index (χ0v) is 19.1. The van der Waals surface area contributed by atoms with Crippen molar-refractivity contribution in [2.45, 2.75) is 12.8 Å². The molecule has 3 rings (SSSR count). The Labute approximate surface area is 191 Å². The van der Waals surface area contributed by atoms with E-state index in [0.717, 1.165) is 12.0 Å². The summed E-state index contributed by atoms with van der Waals surface area (Å²) < 4.78 is 11.0. The molecule has 2 aromatic rings. The second-order valence-electron chi connectivity index (χ2n) is 6.78. The lowest BCUT2D eigenvalue weighted by molar-refractivity contribution is -0.123. The maximum absolute atomic E-state index is 12.8. The van der Waals surface area contributed by atoms with Gasteiger partial charge in [0.05, 0.1) is 19.1 Å². The second-order valence-corrected chi connectivity index (χ2v) is 8.46. The van der Waals surface area contributed by atoms with Crippen LogP contribution in [0.3, 0.4) is 0 Å². The topological polar surface area (TPSA) is 67.9 Å². The highest BCUT2D eigenvalue weighted by Crippen LogP contribution is 2.34. The Kier molecular flexibility index (Phi) is 8.08. The number of methoxy groups -OCH3 is 2. The Bertz CT molecular complexity index is 992. The van der Waals surface area contributed by atoms with E-state index >= 15 is 0 Å². The van der Waals surface area contributed by atoms with E-state index in [1.165, 1.54) is 22.2 Å². The van der Waals surface area contributed by atoms with Gasteiger partial charge in [-0.05, 0) is 35.8 Å². The lowest BCUT2D eigenvalue weighted by Crippen LogP contribution is -2.34. The fourth-order valence-corrected chi connectivity index (χ4v) is 4.39. The molecule has 1 heterocycles. The lowest BCUT2D eigenvalue weighted by Gasteiger charge is -2.14. The Hall–Kier alpha value is -2.84. The average Bonchev–Trinajstić information content (AvgIpc) is 3.05. The molecule has 0 spiro atoms. The standard InChI is InChI=1S/C23H24N2O4S2/c1-28-18-9-8-17(14-19(18)29-2)15-20-22(27)25(23(30)31-20)13-11-21(26)24-12-10-16-6-4-3-5-7-16/h3-9,14-15H,10-13H2,1-2H3,(H,24,26). The van der Waals surface area contributed by atoms with E-state index in [0.29, 0.717) is 27.3 Å². The normalized spacial score (nSPS) is 14.8. The van der Waals surface area contributed by atoms with Crippen molar-refractivity contribution >= 4 is 46.2 Å². The zero-order chi connectivity index (χ0) is 22.2. The molecule has 31 heavy (non-hydrogen) atoms. The van der Waals surface area contributed by atoms with Crippen LogP contribution in [-0.4, -0.2) is 48.3 Å². The summed E-state index contributed by atoms with van der Waals surface area (Å²) in [5.74, 6) is 0.903. The van der Waals surface area contributed by atoms with E-state index in [2.05, 4.69) is 5.32 Å². The number of benzene rings is 2. The summed E-state index contributed by atoms with van der Waals surface area (Å²) in [6, 6.07) is 15.4. The van der Waals surface area contributed by atoms with E-state index < -0.39 is 0 Å². The number of hydrogen-bond acceptors (Lipinski definition) is 6. The zero-order valence-electron chi connectivity index (χ0n) is 17.4. The molecule has 1 aliphatic heterocycles. The van der Waals surface area contributed by atoms with Gasteiger partial charge < -0.3 is 14.8 Å². The predicted molar refractivity (Wildman–Crippen MR) is 127 cm³/mol. The van der Waals surface area contributed by atoms with Crippen LogP contribution in [0.1, 0.15) is 17.5 Å². The third-order valence-electron chi connectivity index (χ3n) is 4.72. The van der Waals surface area contributed by atoms with Crippen LogP contribution < -0.4 is 14.8 Å². The largest absolute Gasteiger partial charge is 0.493 e. The van der Waals surface area contributed by atoms with E-state index in [1.54, 1.807) is 32.4 Å². The summed E-state index contributed by atoms with van der Waals surface area (Å²) in [5, 5.41) is 2.89. The minimum absolute atomic E-state index is 0.103. The number of nitrogens with zero attached hydrogens (tertiary/aromatic N) is 1. The van der Waals surface area contributed by atoms with Gasteiger partial charge in [0, 0.05) is 19.5 Å². The number of amides is 2. The summed E-state index contributed by atoms with van der Waals surface area (Å²) in [6.45, 7) is 0.811. The molecule has 6 nitrogen and oxygen atoms in total. The van der Waals surface area contributed by atoms with E-state index in [4.69, 9.17) is 21.7 Å². The fraction of sp³-hybridized carbons (Fsp3) is 0.261. The Morgan fingerprint density at radius 2 is 1.87 bits per heavy atom. The number of thioether (sulfide) groups is 1. The number of nitrogens with one attached hydrogen (secondary N) is 1. The van der Waals surface area contributed by atoms with Crippen LogP contribution >= 0.6 is 24.0 Å². The molecule has 0 unspecified atom stereocenters. The van der Waals surface area contributed by atoms with Gasteiger partial charge >= 0.3 is 0 Å². The average molecular weight is 457 g/mol. The third kappa shape index (κ3) is 6.08. The first-order valence-corrected chi connectivity index (χ1v) is 11.0. The smallest absolute Gasteiger partial charge is 0.266 e. The first-order valence-electron chi connectivity index (χ1n) is 9.80. The number of hydrogen-bond donors (Lipinski definition) is 1. The van der Waals surface area contributed by atoms with Crippen LogP contribution in [0.5, 0.6) is 11.5 Å². The number of carbonyl (C=O) groups excluding carboxylic acids is 2. The molecule has 0 aromatic heterocycles. The maximum atomic E-state index is 12.8. The molecular formula is C23H24N2O4S2. The van der Waals surface area contributed by atoms with Crippen molar-refractivity contribution in [3.63, 3.8) is 0 Å². The van der Waals surface area contributed by atoms with Gasteiger partial charge in [0.1, 0.15) is 4.32 Å². The highest BCUT2D eigenvalue weighted by atomic mass is 32.2. The van der Waals surface area contributed by atoms with Crippen LogP contribution in [0.2, 0.25) is 0 Å². The van der Waals surface area contributed by atoms with Gasteiger partial charge in [0.25, 0.3) is 5.91 Å². The molecule has 1 saturated heterocycles. The van der Waals surface area contributed by atoms with Crippen molar-refractivity contribution in [3.8, 4) is 11.5 Å². The maximum Gasteiger partial charge on any atom is 0.266 e. The van der Waals surface area contributed by atoms with Crippen molar-refractivity contribution in [2.75, 3.05) is 27.3 Å². The Morgan fingerprint density at radius 1 is 1.13 bits per heavy atom. The van der Waals surface area contributed by atoms with Gasteiger partial charge in [0.2, 0.25) is 5.91 Å².